The third kappa shape index (κ3) is 14.7. The maximum Gasteiger partial charge on any atom is 0.472 e. The number of unbranched alkanes of at least 4 members (excludes halogenated alkanes) is 5. The molecule has 0 aliphatic heterocycles. The molecule has 128 valence electrons. The van der Waals surface area contributed by atoms with Crippen LogP contribution in [-0.2, 0) is 13.6 Å². The molecule has 0 saturated heterocycles. The predicted octanol–water partition coefficient (Wildman–Crippen LogP) is 2.55. The van der Waals surface area contributed by atoms with Crippen molar-refractivity contribution in [3.8, 4) is 0 Å². The molecule has 0 radical (unpaired) electrons. The van der Waals surface area contributed by atoms with Crippen LogP contribution in [0.25, 0.3) is 0 Å². The summed E-state index contributed by atoms with van der Waals surface area (Å²) in [5, 5.41) is 9.71. The van der Waals surface area contributed by atoms with Gasteiger partial charge in [0, 0.05) is 0 Å². The van der Waals surface area contributed by atoms with E-state index in [1.807, 2.05) is 21.1 Å². The standard InChI is InChI=1S/C14H32NO5P/c1-5-6-7-8-9-10-11-19-21(17,18)20-13-14(16)12-15(2,3)4/h14,16H,5-13H2,1-4H3/p+1. The molecule has 0 aromatic heterocycles. The lowest BCUT2D eigenvalue weighted by molar-refractivity contribution is -0.873. The quantitative estimate of drug-likeness (QED) is 0.309. The summed E-state index contributed by atoms with van der Waals surface area (Å²) in [4.78, 5) is 9.50. The zero-order valence-corrected chi connectivity index (χ0v) is 14.8. The fourth-order valence-corrected chi connectivity index (χ4v) is 2.76. The van der Waals surface area contributed by atoms with Crippen molar-refractivity contribution in [2.75, 3.05) is 40.9 Å². The summed E-state index contributed by atoms with van der Waals surface area (Å²) in [5.41, 5.74) is 0. The highest BCUT2D eigenvalue weighted by atomic mass is 31.2. The number of hydrogen-bond acceptors (Lipinski definition) is 4. The molecular formula is C14H33NO5P+. The summed E-state index contributed by atoms with van der Waals surface area (Å²) in [6.45, 7) is 2.62. The summed E-state index contributed by atoms with van der Waals surface area (Å²) >= 11 is 0. The van der Waals surface area contributed by atoms with Gasteiger partial charge in [-0.1, -0.05) is 39.0 Å². The van der Waals surface area contributed by atoms with Crippen molar-refractivity contribution in [2.24, 2.45) is 0 Å². The second-order valence-corrected chi connectivity index (χ2v) is 7.95. The largest absolute Gasteiger partial charge is 0.472 e. The van der Waals surface area contributed by atoms with Gasteiger partial charge in [-0.3, -0.25) is 9.05 Å². The summed E-state index contributed by atoms with van der Waals surface area (Å²) in [5.74, 6) is 0. The maximum absolute atomic E-state index is 11.6. The molecule has 21 heavy (non-hydrogen) atoms. The molecule has 6 nitrogen and oxygen atoms in total. The Morgan fingerprint density at radius 2 is 1.62 bits per heavy atom. The molecule has 0 aromatic carbocycles. The zero-order valence-electron chi connectivity index (χ0n) is 14.0. The van der Waals surface area contributed by atoms with E-state index in [1.165, 1.54) is 19.3 Å². The number of aliphatic hydroxyl groups is 1. The lowest BCUT2D eigenvalue weighted by atomic mass is 10.1. The Bertz CT molecular complexity index is 306. The number of nitrogens with zero attached hydrogens (tertiary/aromatic N) is 1. The molecule has 0 saturated carbocycles. The molecule has 0 fully saturated rings. The molecule has 0 amide bonds. The zero-order chi connectivity index (χ0) is 16.4. The Hall–Kier alpha value is 0.0300. The van der Waals surface area contributed by atoms with Crippen molar-refractivity contribution >= 4 is 7.82 Å². The first-order valence-corrected chi connectivity index (χ1v) is 9.26. The van der Waals surface area contributed by atoms with Gasteiger partial charge < -0.3 is 14.5 Å². The van der Waals surface area contributed by atoms with Crippen molar-refractivity contribution in [3.63, 3.8) is 0 Å². The van der Waals surface area contributed by atoms with Crippen LogP contribution in [0.15, 0.2) is 0 Å². The Kier molecular flexibility index (Phi) is 10.7. The first-order chi connectivity index (χ1) is 9.66. The number of rotatable bonds is 13. The van der Waals surface area contributed by atoms with E-state index < -0.39 is 13.9 Å². The van der Waals surface area contributed by atoms with Crippen molar-refractivity contribution in [3.05, 3.63) is 0 Å². The van der Waals surface area contributed by atoms with Gasteiger partial charge >= 0.3 is 7.82 Å². The molecule has 0 rings (SSSR count). The molecule has 0 aromatic rings. The fraction of sp³-hybridized carbons (Fsp3) is 1.00. The van der Waals surface area contributed by atoms with Gasteiger partial charge in [-0.25, -0.2) is 4.57 Å². The number of hydrogen-bond donors (Lipinski definition) is 2. The lowest BCUT2D eigenvalue weighted by Gasteiger charge is -2.26. The molecule has 0 aliphatic rings. The van der Waals surface area contributed by atoms with Crippen LogP contribution >= 0.6 is 7.82 Å². The van der Waals surface area contributed by atoms with Gasteiger partial charge in [0.15, 0.2) is 0 Å². The summed E-state index contributed by atoms with van der Waals surface area (Å²) in [6.07, 6.45) is 5.70. The van der Waals surface area contributed by atoms with Crippen molar-refractivity contribution < 1.29 is 28.1 Å². The highest BCUT2D eigenvalue weighted by Gasteiger charge is 2.24. The lowest BCUT2D eigenvalue weighted by Crippen LogP contribution is -2.42. The second-order valence-electron chi connectivity index (χ2n) is 6.49. The van der Waals surface area contributed by atoms with E-state index in [0.717, 1.165) is 19.3 Å². The topological polar surface area (TPSA) is 76.0 Å². The van der Waals surface area contributed by atoms with Crippen LogP contribution < -0.4 is 0 Å². The molecule has 0 heterocycles. The summed E-state index contributed by atoms with van der Waals surface area (Å²) in [6, 6.07) is 0. The van der Waals surface area contributed by atoms with Gasteiger partial charge in [-0.05, 0) is 6.42 Å². The first kappa shape index (κ1) is 21.0. The van der Waals surface area contributed by atoms with Gasteiger partial charge in [-0.2, -0.15) is 0 Å². The highest BCUT2D eigenvalue weighted by molar-refractivity contribution is 7.47. The van der Waals surface area contributed by atoms with Crippen molar-refractivity contribution in [1.29, 1.82) is 0 Å². The third-order valence-corrected chi connectivity index (χ3v) is 3.93. The minimum atomic E-state index is -4.04. The normalized spacial score (nSPS) is 16.7. The average molecular weight is 326 g/mol. The first-order valence-electron chi connectivity index (χ1n) is 7.76. The van der Waals surface area contributed by atoms with E-state index in [1.54, 1.807) is 0 Å². The summed E-state index contributed by atoms with van der Waals surface area (Å²) < 4.78 is 21.9. The third-order valence-electron chi connectivity index (χ3n) is 2.94. The maximum atomic E-state index is 11.6. The van der Waals surface area contributed by atoms with Crippen molar-refractivity contribution in [2.45, 2.75) is 51.6 Å². The second kappa shape index (κ2) is 10.7. The average Bonchev–Trinajstić information content (AvgIpc) is 2.33. The molecule has 7 heteroatoms. The number of phosphoric ester groups is 1. The van der Waals surface area contributed by atoms with E-state index in [9.17, 15) is 14.6 Å². The molecule has 2 unspecified atom stereocenters. The number of quaternary nitrogens is 1. The molecule has 0 bridgehead atoms. The predicted molar refractivity (Wildman–Crippen MR) is 84.0 cm³/mol. The van der Waals surface area contributed by atoms with Crippen LogP contribution in [0.2, 0.25) is 0 Å². The Morgan fingerprint density at radius 1 is 1.05 bits per heavy atom. The minimum Gasteiger partial charge on any atom is -0.385 e. The molecule has 2 atom stereocenters. The Labute approximate surface area is 129 Å². The van der Waals surface area contributed by atoms with Crippen molar-refractivity contribution in [1.82, 2.24) is 0 Å². The smallest absolute Gasteiger partial charge is 0.385 e. The monoisotopic (exact) mass is 326 g/mol. The number of aliphatic hydroxyl groups excluding tert-OH is 1. The van der Waals surface area contributed by atoms with Crippen LogP contribution in [0, 0.1) is 0 Å². The van der Waals surface area contributed by atoms with E-state index in [2.05, 4.69) is 6.92 Å². The highest BCUT2D eigenvalue weighted by Crippen LogP contribution is 2.43. The molecule has 0 aliphatic carbocycles. The fourth-order valence-electron chi connectivity index (χ4n) is 1.96. The van der Waals surface area contributed by atoms with E-state index in [4.69, 9.17) is 9.05 Å². The van der Waals surface area contributed by atoms with Gasteiger partial charge in [0.05, 0.1) is 34.4 Å². The molecule has 2 N–H and O–H groups in total. The minimum absolute atomic E-state index is 0.195. The van der Waals surface area contributed by atoms with Gasteiger partial charge in [0.1, 0.15) is 12.6 Å². The van der Waals surface area contributed by atoms with Gasteiger partial charge in [0.25, 0.3) is 0 Å². The SMILES string of the molecule is CCCCCCCCOP(=O)(O)OCC(O)C[N+](C)(C)C. The van der Waals surface area contributed by atoms with Crippen LogP contribution in [0.4, 0.5) is 0 Å². The number of phosphoric acid groups is 1. The van der Waals surface area contributed by atoms with Crippen LogP contribution in [0.1, 0.15) is 45.4 Å². The van der Waals surface area contributed by atoms with E-state index in [-0.39, 0.29) is 13.2 Å². The summed E-state index contributed by atoms with van der Waals surface area (Å²) in [7, 11) is 1.74. The van der Waals surface area contributed by atoms with E-state index >= 15 is 0 Å². The van der Waals surface area contributed by atoms with E-state index in [0.29, 0.717) is 11.0 Å². The van der Waals surface area contributed by atoms with Crippen LogP contribution in [-0.4, -0.2) is 61.5 Å². The number of likely N-dealkylation sites (N-methyl/N-ethyl adjacent to an activating group) is 1. The van der Waals surface area contributed by atoms with Gasteiger partial charge in [-0.15, -0.1) is 0 Å². The van der Waals surface area contributed by atoms with Crippen LogP contribution in [0.3, 0.4) is 0 Å². The Balaban J connectivity index is 3.71. The molecule has 0 spiro atoms. The molecular weight excluding hydrogens is 293 g/mol. The van der Waals surface area contributed by atoms with Gasteiger partial charge in [0.2, 0.25) is 0 Å². The Morgan fingerprint density at radius 3 is 2.19 bits per heavy atom. The van der Waals surface area contributed by atoms with Crippen LogP contribution in [0.5, 0.6) is 0 Å².